The Balaban J connectivity index is 1.57. The van der Waals surface area contributed by atoms with Crippen LogP contribution in [0.3, 0.4) is 0 Å². The quantitative estimate of drug-likeness (QED) is 0.545. The predicted molar refractivity (Wildman–Crippen MR) is 55.2 cm³/mol. The Labute approximate surface area is 89.0 Å². The van der Waals surface area contributed by atoms with Gasteiger partial charge in [0.1, 0.15) is 6.10 Å². The molecule has 1 aliphatic heterocycles. The molecule has 3 heteroatoms. The third kappa shape index (κ3) is 3.06. The zero-order valence-corrected chi connectivity index (χ0v) is 8.52. The van der Waals surface area contributed by atoms with Gasteiger partial charge in [0.15, 0.2) is 0 Å². The van der Waals surface area contributed by atoms with Gasteiger partial charge in [0.05, 0.1) is 19.6 Å². The maximum absolute atomic E-state index is 10.5. The zero-order valence-electron chi connectivity index (χ0n) is 8.52. The van der Waals surface area contributed by atoms with E-state index in [1.165, 1.54) is 5.56 Å². The van der Waals surface area contributed by atoms with Gasteiger partial charge in [0, 0.05) is 6.42 Å². The van der Waals surface area contributed by atoms with Gasteiger partial charge in [0.2, 0.25) is 0 Å². The van der Waals surface area contributed by atoms with Crippen LogP contribution in [0.5, 0.6) is 0 Å². The molecule has 0 aliphatic carbocycles. The maximum Gasteiger partial charge on any atom is 0.309 e. The van der Waals surface area contributed by atoms with E-state index in [4.69, 9.17) is 9.47 Å². The molecule has 0 radical (unpaired) electrons. The summed E-state index contributed by atoms with van der Waals surface area (Å²) in [5.41, 5.74) is 1.17. The molecule has 0 N–H and O–H groups in total. The SMILES string of the molecule is O=C1C[C@@H](CCOCc2ccccc2)O1. The lowest BCUT2D eigenvalue weighted by molar-refractivity contribution is -0.170. The molecular formula is C12H14O3. The molecule has 0 aromatic heterocycles. The minimum Gasteiger partial charge on any atom is -0.462 e. The van der Waals surface area contributed by atoms with Crippen LogP contribution in [0.15, 0.2) is 30.3 Å². The van der Waals surface area contributed by atoms with Crippen LogP contribution >= 0.6 is 0 Å². The summed E-state index contributed by atoms with van der Waals surface area (Å²) in [7, 11) is 0. The molecule has 0 bridgehead atoms. The Morgan fingerprint density at radius 3 is 2.73 bits per heavy atom. The first-order valence-electron chi connectivity index (χ1n) is 5.16. The number of rotatable bonds is 5. The van der Waals surface area contributed by atoms with E-state index >= 15 is 0 Å². The van der Waals surface area contributed by atoms with Crippen LogP contribution in [0.4, 0.5) is 0 Å². The van der Waals surface area contributed by atoms with Gasteiger partial charge in [-0.25, -0.2) is 0 Å². The molecule has 3 nitrogen and oxygen atoms in total. The van der Waals surface area contributed by atoms with Gasteiger partial charge in [-0.15, -0.1) is 0 Å². The van der Waals surface area contributed by atoms with Crippen LogP contribution in [0, 0.1) is 0 Å². The average Bonchev–Trinajstić information content (AvgIpc) is 2.23. The Morgan fingerprint density at radius 1 is 1.33 bits per heavy atom. The molecule has 1 aromatic carbocycles. The summed E-state index contributed by atoms with van der Waals surface area (Å²) in [5, 5.41) is 0. The highest BCUT2D eigenvalue weighted by Gasteiger charge is 2.27. The van der Waals surface area contributed by atoms with Gasteiger partial charge >= 0.3 is 5.97 Å². The Kier molecular flexibility index (Phi) is 3.35. The van der Waals surface area contributed by atoms with Crippen molar-refractivity contribution < 1.29 is 14.3 Å². The molecule has 15 heavy (non-hydrogen) atoms. The van der Waals surface area contributed by atoms with Crippen LogP contribution in [-0.4, -0.2) is 18.7 Å². The number of hydrogen-bond acceptors (Lipinski definition) is 3. The molecule has 1 saturated heterocycles. The van der Waals surface area contributed by atoms with E-state index < -0.39 is 0 Å². The monoisotopic (exact) mass is 206 g/mol. The number of carbonyl (C=O) groups excluding carboxylic acids is 1. The number of esters is 1. The second kappa shape index (κ2) is 4.94. The van der Waals surface area contributed by atoms with Gasteiger partial charge in [-0.05, 0) is 5.56 Å². The lowest BCUT2D eigenvalue weighted by atomic mass is 10.1. The number of carbonyl (C=O) groups is 1. The molecule has 0 spiro atoms. The van der Waals surface area contributed by atoms with E-state index in [0.717, 1.165) is 6.42 Å². The van der Waals surface area contributed by atoms with Gasteiger partial charge in [-0.1, -0.05) is 30.3 Å². The van der Waals surface area contributed by atoms with Crippen LogP contribution in [0.25, 0.3) is 0 Å². The molecule has 1 atom stereocenters. The van der Waals surface area contributed by atoms with E-state index in [-0.39, 0.29) is 12.1 Å². The summed E-state index contributed by atoms with van der Waals surface area (Å²) in [6, 6.07) is 10.0. The fourth-order valence-corrected chi connectivity index (χ4v) is 1.50. The molecule has 1 aliphatic rings. The second-order valence-corrected chi connectivity index (χ2v) is 3.64. The summed E-state index contributed by atoms with van der Waals surface area (Å²) in [6.07, 6.45) is 1.45. The van der Waals surface area contributed by atoms with Crippen LogP contribution < -0.4 is 0 Å². The van der Waals surface area contributed by atoms with Gasteiger partial charge < -0.3 is 9.47 Å². The first-order chi connectivity index (χ1) is 7.34. The molecule has 1 fully saturated rings. The summed E-state index contributed by atoms with van der Waals surface area (Å²) < 4.78 is 10.3. The highest BCUT2D eigenvalue weighted by atomic mass is 16.6. The van der Waals surface area contributed by atoms with Crippen LogP contribution in [-0.2, 0) is 20.9 Å². The van der Waals surface area contributed by atoms with Crippen molar-refractivity contribution in [3.8, 4) is 0 Å². The number of benzene rings is 1. The minimum absolute atomic E-state index is 0.0910. The average molecular weight is 206 g/mol. The second-order valence-electron chi connectivity index (χ2n) is 3.64. The maximum atomic E-state index is 10.5. The molecule has 0 amide bonds. The normalized spacial score (nSPS) is 19.5. The fourth-order valence-electron chi connectivity index (χ4n) is 1.50. The number of hydrogen-bond donors (Lipinski definition) is 0. The van der Waals surface area contributed by atoms with Crippen molar-refractivity contribution in [2.75, 3.05) is 6.61 Å². The van der Waals surface area contributed by atoms with Crippen molar-refractivity contribution in [1.29, 1.82) is 0 Å². The molecule has 0 unspecified atom stereocenters. The zero-order chi connectivity index (χ0) is 10.5. The first-order valence-corrected chi connectivity index (χ1v) is 5.16. The highest BCUT2D eigenvalue weighted by molar-refractivity contribution is 5.75. The summed E-state index contributed by atoms with van der Waals surface area (Å²) in [6.45, 7) is 1.27. The largest absolute Gasteiger partial charge is 0.462 e. The highest BCUT2D eigenvalue weighted by Crippen LogP contribution is 2.16. The minimum atomic E-state index is -0.0944. The van der Waals surface area contributed by atoms with E-state index in [0.29, 0.717) is 19.6 Å². The van der Waals surface area contributed by atoms with Crippen molar-refractivity contribution in [2.24, 2.45) is 0 Å². The lowest BCUT2D eigenvalue weighted by Crippen LogP contribution is -2.33. The third-order valence-electron chi connectivity index (χ3n) is 2.39. The van der Waals surface area contributed by atoms with Crippen LogP contribution in [0.2, 0.25) is 0 Å². The molecule has 2 rings (SSSR count). The molecule has 1 heterocycles. The van der Waals surface area contributed by atoms with Gasteiger partial charge in [0.25, 0.3) is 0 Å². The molecule has 80 valence electrons. The summed E-state index contributed by atoms with van der Waals surface area (Å²) >= 11 is 0. The fraction of sp³-hybridized carbons (Fsp3) is 0.417. The van der Waals surface area contributed by atoms with Crippen molar-refractivity contribution in [3.63, 3.8) is 0 Å². The van der Waals surface area contributed by atoms with E-state index in [1.54, 1.807) is 0 Å². The number of ether oxygens (including phenoxy) is 2. The first kappa shape index (κ1) is 10.2. The Bertz CT molecular complexity index is 313. The van der Waals surface area contributed by atoms with Crippen molar-refractivity contribution in [1.82, 2.24) is 0 Å². The summed E-state index contributed by atoms with van der Waals surface area (Å²) in [5.74, 6) is -0.0944. The summed E-state index contributed by atoms with van der Waals surface area (Å²) in [4.78, 5) is 10.5. The third-order valence-corrected chi connectivity index (χ3v) is 2.39. The number of cyclic esters (lactones) is 1. The van der Waals surface area contributed by atoms with Crippen molar-refractivity contribution in [2.45, 2.75) is 25.6 Å². The topological polar surface area (TPSA) is 35.5 Å². The van der Waals surface area contributed by atoms with E-state index in [2.05, 4.69) is 0 Å². The van der Waals surface area contributed by atoms with E-state index in [1.807, 2.05) is 30.3 Å². The van der Waals surface area contributed by atoms with Crippen molar-refractivity contribution in [3.05, 3.63) is 35.9 Å². The van der Waals surface area contributed by atoms with Gasteiger partial charge in [-0.3, -0.25) is 4.79 Å². The standard InChI is InChI=1S/C12H14O3/c13-12-8-11(15-12)6-7-14-9-10-4-2-1-3-5-10/h1-5,11H,6-9H2/t11-/m1/s1. The molecule has 0 saturated carbocycles. The lowest BCUT2D eigenvalue weighted by Gasteiger charge is -2.25. The Morgan fingerprint density at radius 2 is 2.07 bits per heavy atom. The van der Waals surface area contributed by atoms with Gasteiger partial charge in [-0.2, -0.15) is 0 Å². The molecular weight excluding hydrogens is 192 g/mol. The van der Waals surface area contributed by atoms with E-state index in [9.17, 15) is 4.79 Å². The molecule has 1 aromatic rings. The Hall–Kier alpha value is -1.35. The predicted octanol–water partition coefficient (Wildman–Crippen LogP) is 1.91. The van der Waals surface area contributed by atoms with Crippen molar-refractivity contribution >= 4 is 5.97 Å². The van der Waals surface area contributed by atoms with Crippen LogP contribution in [0.1, 0.15) is 18.4 Å². The smallest absolute Gasteiger partial charge is 0.309 e.